The lowest BCUT2D eigenvalue weighted by Crippen LogP contribution is -2.70. The monoisotopic (exact) mass is 369 g/mol. The van der Waals surface area contributed by atoms with Crippen LogP contribution in [-0.4, -0.2) is 64.9 Å². The second-order valence-corrected chi connectivity index (χ2v) is 8.10. The minimum Gasteiger partial charge on any atom is -0.480 e. The number of nitrogens with zero attached hydrogens (tertiary/aromatic N) is 3. The summed E-state index contributed by atoms with van der Waals surface area (Å²) in [5.74, 6) is -2.86. The Bertz CT molecular complexity index is 805. The maximum atomic E-state index is 12.3. The molecular formula is C13H15N5O6S. The van der Waals surface area contributed by atoms with E-state index in [1.807, 2.05) is 0 Å². The number of thioether (sulfide) groups is 1. The first kappa shape index (κ1) is 17.2. The summed E-state index contributed by atoms with van der Waals surface area (Å²) in [5.41, 5.74) is -0.411. The number of aromatic amines is 1. The first-order valence-corrected chi connectivity index (χ1v) is 8.17. The van der Waals surface area contributed by atoms with Crippen molar-refractivity contribution in [3.63, 3.8) is 0 Å². The van der Waals surface area contributed by atoms with E-state index in [0.29, 0.717) is 0 Å². The van der Waals surface area contributed by atoms with Gasteiger partial charge in [-0.05, 0) is 18.8 Å². The smallest absolute Gasteiger partial charge is 0.353 e. The summed E-state index contributed by atoms with van der Waals surface area (Å²) in [7, 11) is 0. The number of β-lactam (4-membered cyclic amide) rings is 1. The number of aliphatic carboxylic acids is 1. The molecule has 134 valence electrons. The summed E-state index contributed by atoms with van der Waals surface area (Å²) in [4.78, 5) is 53.6. The Morgan fingerprint density at radius 3 is 2.68 bits per heavy atom. The fourth-order valence-corrected chi connectivity index (χ4v) is 4.75. The van der Waals surface area contributed by atoms with Crippen molar-refractivity contribution in [3.8, 4) is 0 Å². The molecule has 11 nitrogen and oxygen atoms in total. The Morgan fingerprint density at radius 1 is 1.48 bits per heavy atom. The van der Waals surface area contributed by atoms with Gasteiger partial charge in [0.15, 0.2) is 5.82 Å². The third-order valence-electron chi connectivity index (χ3n) is 4.16. The number of carboxylic acid groups (broad SMARTS) is 1. The van der Waals surface area contributed by atoms with E-state index in [2.05, 4.69) is 15.3 Å². The highest BCUT2D eigenvalue weighted by Gasteiger charge is 2.64. The van der Waals surface area contributed by atoms with Gasteiger partial charge >= 0.3 is 11.8 Å². The first-order chi connectivity index (χ1) is 11.5. The molecule has 0 spiro atoms. The number of nitro groups is 1. The van der Waals surface area contributed by atoms with Crippen LogP contribution in [0, 0.1) is 17.0 Å². The highest BCUT2D eigenvalue weighted by molar-refractivity contribution is 8.01. The number of hydrogen-bond acceptors (Lipinski definition) is 7. The van der Waals surface area contributed by atoms with Crippen LogP contribution in [0.1, 0.15) is 30.2 Å². The van der Waals surface area contributed by atoms with Crippen molar-refractivity contribution in [1.82, 2.24) is 20.2 Å². The molecule has 2 aliphatic rings. The van der Waals surface area contributed by atoms with Gasteiger partial charge in [0, 0.05) is 11.7 Å². The van der Waals surface area contributed by atoms with E-state index < -0.39 is 56.4 Å². The molecule has 2 amide bonds. The largest absolute Gasteiger partial charge is 0.480 e. The molecule has 1 aromatic rings. The molecule has 1 aromatic heterocycles. The summed E-state index contributed by atoms with van der Waals surface area (Å²) in [6.45, 7) is 4.89. The van der Waals surface area contributed by atoms with Crippen LogP contribution in [0.25, 0.3) is 0 Å². The quantitative estimate of drug-likeness (QED) is 0.376. The number of hydrogen-bond donors (Lipinski definition) is 3. The lowest BCUT2D eigenvalue weighted by Gasteiger charge is -2.43. The zero-order chi connectivity index (χ0) is 18.7. The van der Waals surface area contributed by atoms with E-state index in [1.165, 1.54) is 23.6 Å². The van der Waals surface area contributed by atoms with Crippen LogP contribution in [-0.2, 0) is 9.59 Å². The second-order valence-electron chi connectivity index (χ2n) is 6.33. The Hall–Kier alpha value is -2.63. The molecule has 2 aliphatic heterocycles. The number of H-pyrrole nitrogens is 1. The second kappa shape index (κ2) is 5.44. The number of carbonyl (C=O) groups is 3. The number of carbonyl (C=O) groups excluding carboxylic acids is 2. The highest BCUT2D eigenvalue weighted by Crippen LogP contribution is 2.50. The molecule has 0 saturated carbocycles. The summed E-state index contributed by atoms with van der Waals surface area (Å²) in [6.07, 6.45) is 0. The van der Waals surface area contributed by atoms with Gasteiger partial charge in [0.25, 0.3) is 5.91 Å². The number of amides is 2. The fourth-order valence-electron chi connectivity index (χ4n) is 3.12. The molecule has 0 aliphatic carbocycles. The van der Waals surface area contributed by atoms with Gasteiger partial charge in [0.1, 0.15) is 17.5 Å². The number of nitrogens with one attached hydrogen (secondary N) is 2. The maximum absolute atomic E-state index is 12.3. The topological polar surface area (TPSA) is 159 Å². The van der Waals surface area contributed by atoms with E-state index in [9.17, 15) is 29.6 Å². The van der Waals surface area contributed by atoms with Crippen LogP contribution in [0.3, 0.4) is 0 Å². The van der Waals surface area contributed by atoms with Crippen molar-refractivity contribution in [1.29, 1.82) is 0 Å². The zero-order valence-corrected chi connectivity index (χ0v) is 14.3. The number of rotatable bonds is 4. The van der Waals surface area contributed by atoms with Crippen molar-refractivity contribution in [2.45, 2.75) is 43.0 Å². The number of imidazole rings is 1. The summed E-state index contributed by atoms with van der Waals surface area (Å²) in [5, 5.41) is 22.2. The number of aromatic nitrogens is 2. The van der Waals surface area contributed by atoms with Crippen LogP contribution >= 0.6 is 11.8 Å². The minimum atomic E-state index is -1.11. The molecule has 0 bridgehead atoms. The van der Waals surface area contributed by atoms with E-state index in [-0.39, 0.29) is 5.82 Å². The maximum Gasteiger partial charge on any atom is 0.353 e. The molecule has 25 heavy (non-hydrogen) atoms. The van der Waals surface area contributed by atoms with E-state index in [4.69, 9.17) is 0 Å². The average molecular weight is 369 g/mol. The van der Waals surface area contributed by atoms with Crippen LogP contribution in [0.4, 0.5) is 5.82 Å². The minimum absolute atomic E-state index is 0.195. The third kappa shape index (κ3) is 2.52. The Balaban J connectivity index is 1.80. The van der Waals surface area contributed by atoms with Crippen LogP contribution in [0.15, 0.2) is 0 Å². The van der Waals surface area contributed by atoms with Gasteiger partial charge in [0.05, 0.1) is 0 Å². The normalized spacial score (nSPS) is 26.8. The summed E-state index contributed by atoms with van der Waals surface area (Å²) in [6, 6.07) is -1.94. The Labute approximate surface area is 145 Å². The van der Waals surface area contributed by atoms with Crippen molar-refractivity contribution in [3.05, 3.63) is 21.6 Å². The molecule has 2 saturated heterocycles. The highest BCUT2D eigenvalue weighted by atomic mass is 32.2. The Morgan fingerprint density at radius 2 is 2.12 bits per heavy atom. The first-order valence-electron chi connectivity index (χ1n) is 7.29. The van der Waals surface area contributed by atoms with Gasteiger partial charge in [-0.2, -0.15) is 4.98 Å². The summed E-state index contributed by atoms with van der Waals surface area (Å²) >= 11 is 1.27. The van der Waals surface area contributed by atoms with Gasteiger partial charge < -0.3 is 25.4 Å². The number of aryl methyl sites for hydroxylation is 1. The molecule has 0 radical (unpaired) electrons. The lowest BCUT2D eigenvalue weighted by atomic mass is 9.96. The van der Waals surface area contributed by atoms with E-state index in [0.717, 1.165) is 0 Å². The predicted molar refractivity (Wildman–Crippen MR) is 85.0 cm³/mol. The van der Waals surface area contributed by atoms with Crippen LogP contribution in [0.5, 0.6) is 0 Å². The number of fused-ring (bicyclic) bond motifs is 1. The number of carboxylic acids is 1. The standard InChI is InChI=1S/C13H15N5O6S/c1-4-14-5(8(15-4)18(23)24)9(19)16-6-10(20)17-7(12(21)22)13(2,3)25-11(6)17/h6-7,11H,1-3H3,(H,14,15)(H,16,19)(H,21,22)/t6-,7+,11-/m1/s1. The van der Waals surface area contributed by atoms with Crippen LogP contribution in [0.2, 0.25) is 0 Å². The molecule has 12 heteroatoms. The molecule has 3 atom stereocenters. The van der Waals surface area contributed by atoms with Gasteiger partial charge in [-0.15, -0.1) is 11.8 Å². The fraction of sp³-hybridized carbons (Fsp3) is 0.538. The summed E-state index contributed by atoms with van der Waals surface area (Å²) < 4.78 is -0.722. The van der Waals surface area contributed by atoms with Crippen molar-refractivity contribution >= 4 is 35.4 Å². The third-order valence-corrected chi connectivity index (χ3v) is 5.73. The predicted octanol–water partition coefficient (Wildman–Crippen LogP) is -0.128. The van der Waals surface area contributed by atoms with Gasteiger partial charge in [-0.3, -0.25) is 9.59 Å². The molecule has 3 heterocycles. The van der Waals surface area contributed by atoms with E-state index in [1.54, 1.807) is 13.8 Å². The van der Waals surface area contributed by atoms with E-state index >= 15 is 0 Å². The van der Waals surface area contributed by atoms with Crippen LogP contribution < -0.4 is 5.32 Å². The SMILES string of the molecule is Cc1nc(C(=O)N[C@@H]2C(=O)N3[C@@H]2SC(C)(C)[C@@H]3C(=O)O)c([N+](=O)[O-])[nH]1. The Kier molecular flexibility index (Phi) is 3.74. The van der Waals surface area contributed by atoms with Crippen molar-refractivity contribution in [2.24, 2.45) is 0 Å². The van der Waals surface area contributed by atoms with Gasteiger partial charge in [-0.1, -0.05) is 0 Å². The van der Waals surface area contributed by atoms with Crippen molar-refractivity contribution in [2.75, 3.05) is 0 Å². The molecule has 0 unspecified atom stereocenters. The molecule has 0 aromatic carbocycles. The average Bonchev–Trinajstić information content (AvgIpc) is 3.00. The van der Waals surface area contributed by atoms with Gasteiger partial charge in [0.2, 0.25) is 11.6 Å². The zero-order valence-electron chi connectivity index (χ0n) is 13.5. The molecular weight excluding hydrogens is 354 g/mol. The molecule has 3 rings (SSSR count). The molecule has 2 fully saturated rings. The van der Waals surface area contributed by atoms with Crippen molar-refractivity contribution < 1.29 is 24.4 Å². The molecule has 3 N–H and O–H groups in total. The lowest BCUT2D eigenvalue weighted by molar-refractivity contribution is -0.389. The van der Waals surface area contributed by atoms with Gasteiger partial charge in [-0.25, -0.2) is 9.78 Å².